The molecule has 210 valence electrons. The lowest BCUT2D eigenvalue weighted by Gasteiger charge is -2.34. The predicted molar refractivity (Wildman–Crippen MR) is 143 cm³/mol. The van der Waals surface area contributed by atoms with E-state index in [4.69, 9.17) is 4.74 Å². The lowest BCUT2D eigenvalue weighted by molar-refractivity contribution is -0.137. The van der Waals surface area contributed by atoms with Gasteiger partial charge in [0.05, 0.1) is 23.9 Å². The zero-order chi connectivity index (χ0) is 28.8. The summed E-state index contributed by atoms with van der Waals surface area (Å²) in [6.45, 7) is 5.83. The summed E-state index contributed by atoms with van der Waals surface area (Å²) >= 11 is 0.792. The Balaban J connectivity index is 1.66. The monoisotopic (exact) mass is 582 g/mol. The minimum atomic E-state index is -4.65. The number of nitrogens with one attached hydrogen (secondary N) is 1. The van der Waals surface area contributed by atoms with Crippen molar-refractivity contribution in [1.29, 1.82) is 0 Å². The summed E-state index contributed by atoms with van der Waals surface area (Å²) in [4.78, 5) is 15.4. The van der Waals surface area contributed by atoms with E-state index in [0.29, 0.717) is 5.56 Å². The zero-order valence-electron chi connectivity index (χ0n) is 21.8. The number of thiazole rings is 1. The van der Waals surface area contributed by atoms with Gasteiger partial charge in [-0.15, -0.1) is 11.3 Å². The summed E-state index contributed by atoms with van der Waals surface area (Å²) in [5.41, 5.74) is -0.0281. The molecule has 2 aromatic carbocycles. The number of alkyl halides is 3. The number of nitrogens with zero attached hydrogens (tertiary/aromatic N) is 1. The molecule has 0 spiro atoms. The molecule has 0 unspecified atom stereocenters. The Hall–Kier alpha value is -3.12. The van der Waals surface area contributed by atoms with Crippen molar-refractivity contribution in [3.8, 4) is 16.3 Å². The van der Waals surface area contributed by atoms with Gasteiger partial charge < -0.3 is 9.84 Å². The first kappa shape index (κ1) is 28.9. The highest BCUT2D eigenvalue weighted by Crippen LogP contribution is 2.45. The van der Waals surface area contributed by atoms with E-state index >= 15 is 0 Å². The van der Waals surface area contributed by atoms with Crippen LogP contribution in [0.15, 0.2) is 40.7 Å². The number of rotatable bonds is 7. The molecule has 39 heavy (non-hydrogen) atoms. The zero-order valence-corrected chi connectivity index (χ0v) is 23.5. The van der Waals surface area contributed by atoms with Crippen LogP contribution in [0.4, 0.5) is 18.9 Å². The number of aromatic nitrogens is 1. The van der Waals surface area contributed by atoms with Crippen LogP contribution in [-0.4, -0.2) is 31.6 Å². The van der Waals surface area contributed by atoms with Gasteiger partial charge in [-0.05, 0) is 73.3 Å². The lowest BCUT2D eigenvalue weighted by Crippen LogP contribution is -2.20. The van der Waals surface area contributed by atoms with Gasteiger partial charge in [-0.3, -0.25) is 4.72 Å². The number of carboxylic acids is 1. The van der Waals surface area contributed by atoms with Crippen molar-refractivity contribution < 1.29 is 36.2 Å². The molecule has 0 atom stereocenters. The van der Waals surface area contributed by atoms with Crippen molar-refractivity contribution in [2.45, 2.75) is 63.6 Å². The third kappa shape index (κ3) is 6.22. The average molecular weight is 583 g/mol. The number of carbonyl (C=O) groups is 1. The maximum atomic E-state index is 14.1. The van der Waals surface area contributed by atoms with Gasteiger partial charge in [-0.25, -0.2) is 9.78 Å². The molecule has 0 amide bonds. The standard InChI is InChI=1S/C27H29F3N2O5S2/c1-15-11-21(22(37-4)13-19(15)25(33)34)32-39(35,36)23-14-38-24(31-23)18-6-5-17(12-20(18)27(28,29)30)16-7-9-26(2,3)10-8-16/h5-6,11-14,16,32H,7-10H2,1-4H3,(H,33,34). The molecule has 4 rings (SSSR count). The fourth-order valence-electron chi connectivity index (χ4n) is 4.84. The SMILES string of the molecule is COc1cc(C(=O)O)c(C)cc1NS(=O)(=O)c1csc(-c2ccc(C3CCC(C)(C)CC3)cc2C(F)(F)F)n1. The molecule has 2 N–H and O–H groups in total. The molecule has 0 aliphatic heterocycles. The van der Waals surface area contributed by atoms with E-state index in [9.17, 15) is 31.5 Å². The number of ether oxygens (including phenoxy) is 1. The molecule has 0 radical (unpaired) electrons. The normalized spacial score (nSPS) is 16.2. The highest BCUT2D eigenvalue weighted by Gasteiger charge is 2.36. The number of halogens is 3. The molecule has 1 aliphatic carbocycles. The van der Waals surface area contributed by atoms with Gasteiger partial charge in [0, 0.05) is 10.9 Å². The van der Waals surface area contributed by atoms with Crippen LogP contribution >= 0.6 is 11.3 Å². The van der Waals surface area contributed by atoms with E-state index in [0.717, 1.165) is 37.0 Å². The first-order valence-corrected chi connectivity index (χ1v) is 14.6. The average Bonchev–Trinajstić information content (AvgIpc) is 3.34. The van der Waals surface area contributed by atoms with Crippen molar-refractivity contribution in [1.82, 2.24) is 4.98 Å². The fraction of sp³-hybridized carbons (Fsp3) is 0.407. The van der Waals surface area contributed by atoms with Gasteiger partial charge in [0.1, 0.15) is 10.8 Å². The lowest BCUT2D eigenvalue weighted by atomic mass is 9.71. The molecular formula is C27H29F3N2O5S2. The highest BCUT2D eigenvalue weighted by atomic mass is 32.2. The van der Waals surface area contributed by atoms with E-state index in [-0.39, 0.29) is 44.5 Å². The molecule has 12 heteroatoms. The minimum absolute atomic E-state index is 0.0226. The van der Waals surface area contributed by atoms with Crippen LogP contribution in [0.5, 0.6) is 5.75 Å². The van der Waals surface area contributed by atoms with Gasteiger partial charge in [0.25, 0.3) is 10.0 Å². The second-order valence-electron chi connectivity index (χ2n) is 10.5. The summed E-state index contributed by atoms with van der Waals surface area (Å²) in [5.74, 6) is -1.20. The molecule has 3 aromatic rings. The number of benzene rings is 2. The molecule has 0 bridgehead atoms. The summed E-state index contributed by atoms with van der Waals surface area (Å²) < 4.78 is 76.0. The van der Waals surface area contributed by atoms with Crippen LogP contribution in [0.25, 0.3) is 10.6 Å². The third-order valence-corrected chi connectivity index (χ3v) is 9.44. The number of aromatic carboxylic acids is 1. The van der Waals surface area contributed by atoms with Crippen LogP contribution < -0.4 is 9.46 Å². The van der Waals surface area contributed by atoms with E-state index in [2.05, 4.69) is 23.6 Å². The van der Waals surface area contributed by atoms with Crippen LogP contribution in [0.1, 0.15) is 72.5 Å². The Bertz CT molecular complexity index is 1500. The maximum absolute atomic E-state index is 14.1. The molecule has 1 aliphatic rings. The number of aryl methyl sites for hydroxylation is 1. The molecule has 1 heterocycles. The van der Waals surface area contributed by atoms with Crippen LogP contribution in [0.2, 0.25) is 0 Å². The van der Waals surface area contributed by atoms with Gasteiger partial charge >= 0.3 is 12.1 Å². The topological polar surface area (TPSA) is 106 Å². The second kappa shape index (κ2) is 10.5. The van der Waals surface area contributed by atoms with E-state index < -0.39 is 32.8 Å². The summed E-state index contributed by atoms with van der Waals surface area (Å²) in [6.07, 6.45) is -1.16. The van der Waals surface area contributed by atoms with Crippen molar-refractivity contribution in [3.63, 3.8) is 0 Å². The first-order valence-electron chi connectivity index (χ1n) is 12.2. The van der Waals surface area contributed by atoms with Gasteiger partial charge in [-0.1, -0.05) is 26.0 Å². The predicted octanol–water partition coefficient (Wildman–Crippen LogP) is 7.33. The summed E-state index contributed by atoms with van der Waals surface area (Å²) in [7, 11) is -3.07. The van der Waals surface area contributed by atoms with Crippen LogP contribution in [0.3, 0.4) is 0 Å². The summed E-state index contributed by atoms with van der Waals surface area (Å²) in [5, 5.41) is 9.93. The smallest absolute Gasteiger partial charge is 0.417 e. The van der Waals surface area contributed by atoms with E-state index in [1.807, 2.05) is 0 Å². The Morgan fingerprint density at radius 3 is 2.44 bits per heavy atom. The van der Waals surface area contributed by atoms with Crippen LogP contribution in [-0.2, 0) is 16.2 Å². The van der Waals surface area contributed by atoms with E-state index in [1.165, 1.54) is 43.7 Å². The number of methoxy groups -OCH3 is 1. The second-order valence-corrected chi connectivity index (χ2v) is 13.0. The number of carboxylic acid groups (broad SMARTS) is 1. The fourth-order valence-corrected chi connectivity index (χ4v) is 7.03. The number of hydrogen-bond acceptors (Lipinski definition) is 6. The third-order valence-electron chi connectivity index (χ3n) is 7.17. The highest BCUT2D eigenvalue weighted by molar-refractivity contribution is 7.92. The molecular weight excluding hydrogens is 553 g/mol. The van der Waals surface area contributed by atoms with Crippen molar-refractivity contribution in [2.24, 2.45) is 5.41 Å². The van der Waals surface area contributed by atoms with Crippen molar-refractivity contribution in [3.05, 3.63) is 58.0 Å². The molecule has 7 nitrogen and oxygen atoms in total. The molecule has 1 aromatic heterocycles. The number of anilines is 1. The summed E-state index contributed by atoms with van der Waals surface area (Å²) in [6, 6.07) is 6.72. The Kier molecular flexibility index (Phi) is 7.74. The minimum Gasteiger partial charge on any atom is -0.495 e. The van der Waals surface area contributed by atoms with Crippen LogP contribution in [0, 0.1) is 12.3 Å². The van der Waals surface area contributed by atoms with E-state index in [1.54, 1.807) is 6.07 Å². The molecule has 1 saturated carbocycles. The maximum Gasteiger partial charge on any atom is 0.417 e. The van der Waals surface area contributed by atoms with Gasteiger partial charge in [-0.2, -0.15) is 21.6 Å². The van der Waals surface area contributed by atoms with Gasteiger partial charge in [0.15, 0.2) is 5.03 Å². The number of sulfonamides is 1. The molecule has 1 fully saturated rings. The Morgan fingerprint density at radius 1 is 1.18 bits per heavy atom. The first-order chi connectivity index (χ1) is 18.1. The number of hydrogen-bond donors (Lipinski definition) is 2. The Morgan fingerprint density at radius 2 is 1.85 bits per heavy atom. The van der Waals surface area contributed by atoms with Gasteiger partial charge in [0.2, 0.25) is 0 Å². The van der Waals surface area contributed by atoms with Crippen molar-refractivity contribution in [2.75, 3.05) is 11.8 Å². The largest absolute Gasteiger partial charge is 0.495 e. The van der Waals surface area contributed by atoms with Crippen molar-refractivity contribution >= 4 is 33.0 Å². The Labute approximate surface area is 229 Å². The quantitative estimate of drug-likeness (QED) is 0.302. The molecule has 0 saturated heterocycles.